The van der Waals surface area contributed by atoms with Gasteiger partial charge < -0.3 is 20.6 Å². The van der Waals surface area contributed by atoms with Crippen molar-refractivity contribution in [2.24, 2.45) is 5.41 Å². The molecule has 0 aromatic heterocycles. The summed E-state index contributed by atoms with van der Waals surface area (Å²) in [6.45, 7) is 5.98. The van der Waals surface area contributed by atoms with Crippen molar-refractivity contribution >= 4 is 0 Å². The van der Waals surface area contributed by atoms with E-state index in [4.69, 9.17) is 0 Å². The maximum absolute atomic E-state index is 9.79. The van der Waals surface area contributed by atoms with Crippen molar-refractivity contribution in [3.8, 4) is 11.5 Å². The predicted octanol–water partition coefficient (Wildman–Crippen LogP) is 1.91. The highest BCUT2D eigenvalue weighted by atomic mass is 16.3. The van der Waals surface area contributed by atoms with Crippen molar-refractivity contribution in [1.82, 2.24) is 5.32 Å². The van der Waals surface area contributed by atoms with Gasteiger partial charge in [0.05, 0.1) is 6.10 Å². The molecule has 4 nitrogen and oxygen atoms in total. The van der Waals surface area contributed by atoms with Crippen LogP contribution >= 0.6 is 0 Å². The molecule has 2 rings (SSSR count). The van der Waals surface area contributed by atoms with Crippen LogP contribution in [0, 0.1) is 5.41 Å². The molecular formula is C14H21NO3. The second-order valence-electron chi connectivity index (χ2n) is 5.76. The highest BCUT2D eigenvalue weighted by Crippen LogP contribution is 2.42. The Balaban J connectivity index is 2.09. The largest absolute Gasteiger partial charge is 0.508 e. The van der Waals surface area contributed by atoms with E-state index < -0.39 is 0 Å². The van der Waals surface area contributed by atoms with Gasteiger partial charge in [-0.05, 0) is 31.5 Å². The number of rotatable bonds is 3. The zero-order valence-corrected chi connectivity index (χ0v) is 11.0. The number of hydrogen-bond donors (Lipinski definition) is 4. The van der Waals surface area contributed by atoms with Crippen LogP contribution in [0.5, 0.6) is 11.5 Å². The molecular weight excluding hydrogens is 230 g/mol. The van der Waals surface area contributed by atoms with Gasteiger partial charge in [-0.2, -0.15) is 0 Å². The summed E-state index contributed by atoms with van der Waals surface area (Å²) in [5.74, 6) is 0.315. The Morgan fingerprint density at radius 2 is 2.00 bits per heavy atom. The molecule has 0 saturated heterocycles. The molecule has 18 heavy (non-hydrogen) atoms. The molecule has 0 heterocycles. The summed E-state index contributed by atoms with van der Waals surface area (Å²) in [5.41, 5.74) is 0.521. The average Bonchev–Trinajstić information content (AvgIpc) is 2.31. The van der Waals surface area contributed by atoms with Gasteiger partial charge in [-0.3, -0.25) is 0 Å². The Kier molecular flexibility index (Phi) is 3.25. The Morgan fingerprint density at radius 3 is 2.56 bits per heavy atom. The average molecular weight is 251 g/mol. The number of aliphatic hydroxyl groups is 1. The van der Waals surface area contributed by atoms with Gasteiger partial charge in [-0.25, -0.2) is 0 Å². The Hall–Kier alpha value is -1.26. The lowest BCUT2D eigenvalue weighted by Gasteiger charge is -2.50. The zero-order valence-electron chi connectivity index (χ0n) is 11.0. The molecule has 1 aliphatic rings. The van der Waals surface area contributed by atoms with E-state index in [2.05, 4.69) is 5.32 Å². The third-order valence-corrected chi connectivity index (χ3v) is 4.14. The van der Waals surface area contributed by atoms with E-state index in [1.54, 1.807) is 6.07 Å². The zero-order chi connectivity index (χ0) is 13.5. The third-order valence-electron chi connectivity index (χ3n) is 4.14. The van der Waals surface area contributed by atoms with Gasteiger partial charge in [0, 0.05) is 23.1 Å². The van der Waals surface area contributed by atoms with E-state index in [-0.39, 0.29) is 35.1 Å². The molecule has 0 spiro atoms. The summed E-state index contributed by atoms with van der Waals surface area (Å²) in [5, 5.41) is 32.3. The second-order valence-corrected chi connectivity index (χ2v) is 5.76. The molecule has 100 valence electrons. The minimum atomic E-state index is -0.278. The molecule has 3 atom stereocenters. The Labute approximate surface area is 107 Å². The van der Waals surface area contributed by atoms with Gasteiger partial charge in [-0.1, -0.05) is 13.8 Å². The number of hydrogen-bond acceptors (Lipinski definition) is 4. The van der Waals surface area contributed by atoms with Crippen molar-refractivity contribution < 1.29 is 15.3 Å². The van der Waals surface area contributed by atoms with E-state index in [0.29, 0.717) is 5.56 Å². The van der Waals surface area contributed by atoms with Gasteiger partial charge >= 0.3 is 0 Å². The summed E-state index contributed by atoms with van der Waals surface area (Å²) < 4.78 is 0. The lowest BCUT2D eigenvalue weighted by molar-refractivity contribution is -0.0755. The first kappa shape index (κ1) is 13.2. The van der Waals surface area contributed by atoms with E-state index in [1.807, 2.05) is 20.8 Å². The molecule has 0 aliphatic heterocycles. The Bertz CT molecular complexity index is 445. The summed E-state index contributed by atoms with van der Waals surface area (Å²) in [4.78, 5) is 0. The highest BCUT2D eigenvalue weighted by Gasteiger charge is 2.47. The first-order valence-electron chi connectivity index (χ1n) is 6.28. The van der Waals surface area contributed by atoms with Crippen molar-refractivity contribution in [2.75, 3.05) is 0 Å². The van der Waals surface area contributed by atoms with Crippen molar-refractivity contribution in [3.63, 3.8) is 0 Å². The number of aliphatic hydroxyl groups excluding tert-OH is 1. The summed E-state index contributed by atoms with van der Waals surface area (Å²) in [6, 6.07) is 4.65. The first-order chi connectivity index (χ1) is 8.32. The standard InChI is InChI=1S/C14H21NO3/c1-8(10-6-9(16)4-5-11(10)17)15-12-7-13(18)14(12,2)3/h4-6,8,12-13,15-18H,7H2,1-3H3. The molecule has 4 heteroatoms. The summed E-state index contributed by atoms with van der Waals surface area (Å²) >= 11 is 0. The van der Waals surface area contributed by atoms with Gasteiger partial charge in [0.2, 0.25) is 0 Å². The molecule has 0 amide bonds. The summed E-state index contributed by atoms with van der Waals surface area (Å²) in [6.07, 6.45) is 0.441. The smallest absolute Gasteiger partial charge is 0.120 e. The van der Waals surface area contributed by atoms with Crippen LogP contribution in [-0.4, -0.2) is 27.5 Å². The molecule has 0 bridgehead atoms. The maximum Gasteiger partial charge on any atom is 0.120 e. The van der Waals surface area contributed by atoms with E-state index in [0.717, 1.165) is 6.42 Å². The fraction of sp³-hybridized carbons (Fsp3) is 0.571. The number of phenols is 2. The quantitative estimate of drug-likeness (QED) is 0.619. The monoisotopic (exact) mass is 251 g/mol. The van der Waals surface area contributed by atoms with Gasteiger partial charge in [-0.15, -0.1) is 0 Å². The van der Waals surface area contributed by atoms with E-state index in [1.165, 1.54) is 12.1 Å². The van der Waals surface area contributed by atoms with E-state index >= 15 is 0 Å². The topological polar surface area (TPSA) is 72.7 Å². The molecule has 0 radical (unpaired) electrons. The second kappa shape index (κ2) is 4.44. The summed E-state index contributed by atoms with van der Waals surface area (Å²) in [7, 11) is 0. The number of nitrogens with one attached hydrogen (secondary N) is 1. The van der Waals surface area contributed by atoms with Crippen LogP contribution < -0.4 is 5.32 Å². The molecule has 1 saturated carbocycles. The minimum absolute atomic E-state index is 0.0751. The SMILES string of the molecule is CC(NC1CC(O)C1(C)C)c1cc(O)ccc1O. The van der Waals surface area contributed by atoms with Crippen LogP contribution in [0.2, 0.25) is 0 Å². The van der Waals surface area contributed by atoms with Crippen molar-refractivity contribution in [3.05, 3.63) is 23.8 Å². The van der Waals surface area contributed by atoms with Crippen LogP contribution in [0.3, 0.4) is 0 Å². The molecule has 1 aromatic carbocycles. The molecule has 3 unspecified atom stereocenters. The fourth-order valence-corrected chi connectivity index (χ4v) is 2.47. The number of benzene rings is 1. The van der Waals surface area contributed by atoms with E-state index in [9.17, 15) is 15.3 Å². The Morgan fingerprint density at radius 1 is 1.33 bits per heavy atom. The molecule has 1 aromatic rings. The van der Waals surface area contributed by atoms with Crippen LogP contribution in [0.15, 0.2) is 18.2 Å². The first-order valence-corrected chi connectivity index (χ1v) is 6.28. The lowest BCUT2D eigenvalue weighted by Crippen LogP contribution is -2.60. The van der Waals surface area contributed by atoms with Gasteiger partial charge in [0.15, 0.2) is 0 Å². The van der Waals surface area contributed by atoms with Crippen molar-refractivity contribution in [2.45, 2.75) is 45.4 Å². The van der Waals surface area contributed by atoms with Crippen LogP contribution in [0.1, 0.15) is 38.8 Å². The normalized spacial score (nSPS) is 27.6. The predicted molar refractivity (Wildman–Crippen MR) is 69.5 cm³/mol. The molecule has 1 aliphatic carbocycles. The third kappa shape index (κ3) is 2.18. The van der Waals surface area contributed by atoms with Crippen LogP contribution in [-0.2, 0) is 0 Å². The lowest BCUT2D eigenvalue weighted by atomic mass is 9.64. The van der Waals surface area contributed by atoms with Crippen LogP contribution in [0.4, 0.5) is 0 Å². The number of phenolic OH excluding ortho intramolecular Hbond substituents is 2. The molecule has 4 N–H and O–H groups in total. The molecule has 1 fully saturated rings. The van der Waals surface area contributed by atoms with Crippen LogP contribution in [0.25, 0.3) is 0 Å². The van der Waals surface area contributed by atoms with Gasteiger partial charge in [0.1, 0.15) is 11.5 Å². The van der Waals surface area contributed by atoms with Crippen molar-refractivity contribution in [1.29, 1.82) is 0 Å². The fourth-order valence-electron chi connectivity index (χ4n) is 2.47. The minimum Gasteiger partial charge on any atom is -0.508 e. The number of aromatic hydroxyl groups is 2. The maximum atomic E-state index is 9.79. The van der Waals surface area contributed by atoms with Gasteiger partial charge in [0.25, 0.3) is 0 Å². The highest BCUT2D eigenvalue weighted by molar-refractivity contribution is 5.40.